The molecule has 0 heterocycles. The number of ketones is 2. The predicted octanol–water partition coefficient (Wildman–Crippen LogP) is 5.03. The molecule has 3 heteroatoms. The summed E-state index contributed by atoms with van der Waals surface area (Å²) in [5, 5.41) is 0. The van der Waals surface area contributed by atoms with E-state index in [1.165, 1.54) is 0 Å². The van der Waals surface area contributed by atoms with Gasteiger partial charge in [0.25, 0.3) is 0 Å². The van der Waals surface area contributed by atoms with Crippen molar-refractivity contribution in [1.82, 2.24) is 4.90 Å². The summed E-state index contributed by atoms with van der Waals surface area (Å²) in [6.45, 7) is 16.7. The standard InChI is InChI=1S/C25H29NO2/c1-16-8-10-22(12-18(16)3)24(27)20(5)14-26(7)15-21(6)25(28)23-11-9-17(2)19(4)13-23/h8-13H,5-6,14-15H2,1-4,7H3. The lowest BCUT2D eigenvalue weighted by Gasteiger charge is -2.19. The second-order valence-corrected chi connectivity index (χ2v) is 7.64. The first-order valence-corrected chi connectivity index (χ1v) is 9.38. The number of carbonyl (C=O) groups is 2. The van der Waals surface area contributed by atoms with Crippen molar-refractivity contribution in [3.63, 3.8) is 0 Å². The quantitative estimate of drug-likeness (QED) is 0.480. The summed E-state index contributed by atoms with van der Waals surface area (Å²) in [5.74, 6) is -0.137. The van der Waals surface area contributed by atoms with Gasteiger partial charge in [-0.05, 0) is 69.1 Å². The maximum atomic E-state index is 12.6. The average Bonchev–Trinajstić information content (AvgIpc) is 2.64. The Morgan fingerprint density at radius 2 is 1.07 bits per heavy atom. The third kappa shape index (κ3) is 5.14. The van der Waals surface area contributed by atoms with Gasteiger partial charge in [0.1, 0.15) is 0 Å². The van der Waals surface area contributed by atoms with Crippen molar-refractivity contribution in [3.05, 3.63) is 94.1 Å². The first-order valence-electron chi connectivity index (χ1n) is 9.38. The number of hydrogen-bond donors (Lipinski definition) is 0. The fourth-order valence-electron chi connectivity index (χ4n) is 3.02. The van der Waals surface area contributed by atoms with Gasteiger partial charge in [0, 0.05) is 35.4 Å². The number of hydrogen-bond acceptors (Lipinski definition) is 3. The van der Waals surface area contributed by atoms with Crippen molar-refractivity contribution in [3.8, 4) is 0 Å². The van der Waals surface area contributed by atoms with Gasteiger partial charge < -0.3 is 0 Å². The molecule has 3 nitrogen and oxygen atoms in total. The van der Waals surface area contributed by atoms with E-state index in [-0.39, 0.29) is 11.6 Å². The molecular formula is C25H29NO2. The molecule has 0 atom stereocenters. The van der Waals surface area contributed by atoms with Gasteiger partial charge in [0.05, 0.1) is 0 Å². The molecule has 0 unspecified atom stereocenters. The third-order valence-corrected chi connectivity index (χ3v) is 5.10. The minimum atomic E-state index is -0.0685. The van der Waals surface area contributed by atoms with Crippen molar-refractivity contribution in [2.24, 2.45) is 0 Å². The van der Waals surface area contributed by atoms with E-state index < -0.39 is 0 Å². The zero-order valence-electron chi connectivity index (χ0n) is 17.6. The molecule has 0 radical (unpaired) electrons. The summed E-state index contributed by atoms with van der Waals surface area (Å²) in [7, 11) is 1.86. The van der Waals surface area contributed by atoms with Gasteiger partial charge in [-0.15, -0.1) is 0 Å². The maximum Gasteiger partial charge on any atom is 0.189 e. The number of benzene rings is 2. The monoisotopic (exact) mass is 375 g/mol. The van der Waals surface area contributed by atoms with Crippen LogP contribution in [0.15, 0.2) is 60.7 Å². The number of likely N-dealkylation sites (N-methyl/N-ethyl adjacent to an activating group) is 1. The van der Waals surface area contributed by atoms with Crippen LogP contribution in [0.3, 0.4) is 0 Å². The van der Waals surface area contributed by atoms with Crippen LogP contribution in [0, 0.1) is 27.7 Å². The molecule has 2 aromatic carbocycles. The SMILES string of the molecule is C=C(CN(C)CC(=C)C(=O)c1ccc(C)c(C)c1)C(=O)c1ccc(C)c(C)c1. The summed E-state index contributed by atoms with van der Waals surface area (Å²) in [5.41, 5.74) is 6.76. The van der Waals surface area contributed by atoms with Crippen LogP contribution in [0.4, 0.5) is 0 Å². The smallest absolute Gasteiger partial charge is 0.189 e. The van der Waals surface area contributed by atoms with E-state index in [0.29, 0.717) is 35.4 Å². The molecule has 0 spiro atoms. The normalized spacial score (nSPS) is 10.8. The van der Waals surface area contributed by atoms with Gasteiger partial charge >= 0.3 is 0 Å². The lowest BCUT2D eigenvalue weighted by molar-refractivity contribution is 0.102. The average molecular weight is 376 g/mol. The minimum absolute atomic E-state index is 0.0685. The van der Waals surface area contributed by atoms with Gasteiger partial charge in [-0.3, -0.25) is 14.5 Å². The van der Waals surface area contributed by atoms with Gasteiger partial charge in [0.2, 0.25) is 0 Å². The lowest BCUT2D eigenvalue weighted by atomic mass is 9.99. The van der Waals surface area contributed by atoms with Crippen LogP contribution in [-0.4, -0.2) is 36.6 Å². The van der Waals surface area contributed by atoms with Crippen LogP contribution in [0.2, 0.25) is 0 Å². The molecule has 0 bridgehead atoms. The summed E-state index contributed by atoms with van der Waals surface area (Å²) in [6, 6.07) is 11.3. The fourth-order valence-corrected chi connectivity index (χ4v) is 3.02. The van der Waals surface area contributed by atoms with Gasteiger partial charge in [-0.1, -0.05) is 37.4 Å². The Labute approximate surface area is 168 Å². The molecule has 0 aliphatic carbocycles. The molecule has 0 N–H and O–H groups in total. The third-order valence-electron chi connectivity index (χ3n) is 5.10. The molecular weight excluding hydrogens is 346 g/mol. The summed E-state index contributed by atoms with van der Waals surface area (Å²) in [4.78, 5) is 27.2. The zero-order chi connectivity index (χ0) is 21.0. The van der Waals surface area contributed by atoms with E-state index in [1.807, 2.05) is 76.0 Å². The Hall–Kier alpha value is -2.78. The second-order valence-electron chi connectivity index (χ2n) is 7.64. The van der Waals surface area contributed by atoms with Crippen molar-refractivity contribution in [1.29, 1.82) is 0 Å². The van der Waals surface area contributed by atoms with E-state index in [4.69, 9.17) is 0 Å². The Bertz CT molecular complexity index is 876. The largest absolute Gasteiger partial charge is 0.298 e. The first kappa shape index (κ1) is 21.5. The van der Waals surface area contributed by atoms with Crippen molar-refractivity contribution in [2.45, 2.75) is 27.7 Å². The molecule has 0 saturated carbocycles. The van der Waals surface area contributed by atoms with Gasteiger partial charge in [-0.2, -0.15) is 0 Å². The van der Waals surface area contributed by atoms with Gasteiger partial charge in [-0.25, -0.2) is 0 Å². The molecule has 0 amide bonds. The highest BCUT2D eigenvalue weighted by atomic mass is 16.1. The molecule has 0 aromatic heterocycles. The van der Waals surface area contributed by atoms with E-state index in [0.717, 1.165) is 22.3 Å². The Morgan fingerprint density at radius 3 is 1.39 bits per heavy atom. The van der Waals surface area contributed by atoms with Crippen LogP contribution < -0.4 is 0 Å². The maximum absolute atomic E-state index is 12.6. The van der Waals surface area contributed by atoms with Crippen LogP contribution in [-0.2, 0) is 0 Å². The number of nitrogens with zero attached hydrogens (tertiary/aromatic N) is 1. The van der Waals surface area contributed by atoms with E-state index >= 15 is 0 Å². The van der Waals surface area contributed by atoms with Crippen LogP contribution in [0.1, 0.15) is 43.0 Å². The first-order chi connectivity index (χ1) is 13.1. The zero-order valence-corrected chi connectivity index (χ0v) is 17.6. The number of rotatable bonds is 8. The highest BCUT2D eigenvalue weighted by Crippen LogP contribution is 2.16. The van der Waals surface area contributed by atoms with E-state index in [2.05, 4.69) is 13.2 Å². The molecule has 146 valence electrons. The molecule has 0 aliphatic rings. The van der Waals surface area contributed by atoms with Crippen LogP contribution >= 0.6 is 0 Å². The van der Waals surface area contributed by atoms with Crippen molar-refractivity contribution in [2.75, 3.05) is 20.1 Å². The highest BCUT2D eigenvalue weighted by molar-refractivity contribution is 6.09. The summed E-state index contributed by atoms with van der Waals surface area (Å²) >= 11 is 0. The summed E-state index contributed by atoms with van der Waals surface area (Å²) in [6.07, 6.45) is 0. The number of carbonyl (C=O) groups excluding carboxylic acids is 2. The predicted molar refractivity (Wildman–Crippen MR) is 116 cm³/mol. The minimum Gasteiger partial charge on any atom is -0.298 e. The van der Waals surface area contributed by atoms with E-state index in [9.17, 15) is 9.59 Å². The highest BCUT2D eigenvalue weighted by Gasteiger charge is 2.16. The molecule has 0 aliphatic heterocycles. The summed E-state index contributed by atoms with van der Waals surface area (Å²) < 4.78 is 0. The molecule has 0 saturated heterocycles. The molecule has 28 heavy (non-hydrogen) atoms. The molecule has 2 rings (SSSR count). The van der Waals surface area contributed by atoms with Crippen LogP contribution in [0.25, 0.3) is 0 Å². The van der Waals surface area contributed by atoms with Crippen LogP contribution in [0.5, 0.6) is 0 Å². The van der Waals surface area contributed by atoms with Gasteiger partial charge in [0.15, 0.2) is 11.6 Å². The number of Topliss-reactive ketones (excluding diaryl/α,β-unsaturated/α-hetero) is 2. The Morgan fingerprint density at radius 1 is 0.714 bits per heavy atom. The lowest BCUT2D eigenvalue weighted by Crippen LogP contribution is -2.27. The molecule has 0 fully saturated rings. The Balaban J connectivity index is 1.98. The topological polar surface area (TPSA) is 37.4 Å². The number of aryl methyl sites for hydroxylation is 4. The molecule has 2 aromatic rings. The van der Waals surface area contributed by atoms with E-state index in [1.54, 1.807) is 0 Å². The second kappa shape index (κ2) is 8.94. The van der Waals surface area contributed by atoms with Crippen molar-refractivity contribution < 1.29 is 9.59 Å². The van der Waals surface area contributed by atoms with Crippen molar-refractivity contribution >= 4 is 11.6 Å². The fraction of sp³-hybridized carbons (Fsp3) is 0.280. The Kier molecular flexibility index (Phi) is 6.87.